The van der Waals surface area contributed by atoms with Crippen LogP contribution in [-0.4, -0.2) is 29.9 Å². The van der Waals surface area contributed by atoms with Crippen LogP contribution in [-0.2, 0) is 13.0 Å². The summed E-state index contributed by atoms with van der Waals surface area (Å²) in [5.74, 6) is -0.0842. The van der Waals surface area contributed by atoms with Crippen LogP contribution < -0.4 is 5.32 Å². The van der Waals surface area contributed by atoms with Gasteiger partial charge in [-0.15, -0.1) is 11.3 Å². The predicted molar refractivity (Wildman–Crippen MR) is 83.3 cm³/mol. The van der Waals surface area contributed by atoms with Crippen LogP contribution in [0.3, 0.4) is 0 Å². The van der Waals surface area contributed by atoms with E-state index in [9.17, 15) is 4.79 Å². The summed E-state index contributed by atoms with van der Waals surface area (Å²) in [7, 11) is 3.45. The van der Waals surface area contributed by atoms with Gasteiger partial charge in [-0.1, -0.05) is 6.92 Å². The Morgan fingerprint density at radius 1 is 1.40 bits per heavy atom. The molecule has 0 atom stereocenters. The molecule has 0 fully saturated rings. The number of aryl methyl sites for hydroxylation is 1. The van der Waals surface area contributed by atoms with Gasteiger partial charge in [-0.25, -0.2) is 0 Å². The molecule has 1 N–H and O–H groups in total. The third-order valence-electron chi connectivity index (χ3n) is 3.06. The third-order valence-corrected chi connectivity index (χ3v) is 4.02. The standard InChI is InChI=1S/C15H19N3OS/c1-4-11-6-8-20-14(11)10-17-12-5-7-16-13(9-12)15(19)18(2)3/h5-9H,4,10H2,1-3H3,(H,16,17). The summed E-state index contributed by atoms with van der Waals surface area (Å²) in [6.07, 6.45) is 2.70. The van der Waals surface area contributed by atoms with E-state index in [4.69, 9.17) is 0 Å². The van der Waals surface area contributed by atoms with Crippen molar-refractivity contribution in [2.45, 2.75) is 19.9 Å². The molecule has 0 saturated heterocycles. The molecule has 5 heteroatoms. The van der Waals surface area contributed by atoms with E-state index in [0.29, 0.717) is 5.69 Å². The van der Waals surface area contributed by atoms with Crippen molar-refractivity contribution in [2.75, 3.05) is 19.4 Å². The Balaban J connectivity index is 2.07. The molecule has 2 rings (SSSR count). The molecule has 0 saturated carbocycles. The molecule has 0 bridgehead atoms. The van der Waals surface area contributed by atoms with Crippen LogP contribution in [0.5, 0.6) is 0 Å². The SMILES string of the molecule is CCc1ccsc1CNc1ccnc(C(=O)N(C)C)c1. The molecule has 0 unspecified atom stereocenters. The fourth-order valence-electron chi connectivity index (χ4n) is 1.91. The molecule has 106 valence electrons. The maximum Gasteiger partial charge on any atom is 0.272 e. The van der Waals surface area contributed by atoms with E-state index >= 15 is 0 Å². The minimum absolute atomic E-state index is 0.0842. The van der Waals surface area contributed by atoms with Crippen molar-refractivity contribution in [1.29, 1.82) is 0 Å². The highest BCUT2D eigenvalue weighted by atomic mass is 32.1. The Kier molecular flexibility index (Phi) is 4.74. The Morgan fingerprint density at radius 2 is 2.20 bits per heavy atom. The highest BCUT2D eigenvalue weighted by Gasteiger charge is 2.10. The zero-order valence-electron chi connectivity index (χ0n) is 12.0. The minimum atomic E-state index is -0.0842. The highest BCUT2D eigenvalue weighted by Crippen LogP contribution is 2.19. The van der Waals surface area contributed by atoms with Gasteiger partial charge in [0.1, 0.15) is 5.69 Å². The van der Waals surface area contributed by atoms with E-state index in [2.05, 4.69) is 28.7 Å². The monoisotopic (exact) mass is 289 g/mol. The summed E-state index contributed by atoms with van der Waals surface area (Å²) < 4.78 is 0. The summed E-state index contributed by atoms with van der Waals surface area (Å²) in [4.78, 5) is 18.8. The van der Waals surface area contributed by atoms with Crippen molar-refractivity contribution < 1.29 is 4.79 Å². The number of thiophene rings is 1. The van der Waals surface area contributed by atoms with Gasteiger partial charge >= 0.3 is 0 Å². The lowest BCUT2D eigenvalue weighted by Gasteiger charge is -2.11. The van der Waals surface area contributed by atoms with E-state index in [1.165, 1.54) is 15.3 Å². The maximum atomic E-state index is 11.9. The summed E-state index contributed by atoms with van der Waals surface area (Å²) in [6.45, 7) is 2.94. The summed E-state index contributed by atoms with van der Waals surface area (Å²) in [5.41, 5.74) is 2.75. The molecular weight excluding hydrogens is 270 g/mol. The molecule has 2 heterocycles. The fraction of sp³-hybridized carbons (Fsp3) is 0.333. The van der Waals surface area contributed by atoms with Crippen molar-refractivity contribution in [2.24, 2.45) is 0 Å². The van der Waals surface area contributed by atoms with Gasteiger partial charge in [0.25, 0.3) is 5.91 Å². The fourth-order valence-corrected chi connectivity index (χ4v) is 2.82. The normalized spacial score (nSPS) is 10.3. The first kappa shape index (κ1) is 14.5. The van der Waals surface area contributed by atoms with E-state index < -0.39 is 0 Å². The molecule has 0 aromatic carbocycles. The lowest BCUT2D eigenvalue weighted by Crippen LogP contribution is -2.22. The minimum Gasteiger partial charge on any atom is -0.380 e. The van der Waals surface area contributed by atoms with Gasteiger partial charge in [-0.3, -0.25) is 9.78 Å². The maximum absolute atomic E-state index is 11.9. The topological polar surface area (TPSA) is 45.2 Å². The second kappa shape index (κ2) is 6.52. The van der Waals surface area contributed by atoms with E-state index in [1.54, 1.807) is 37.7 Å². The average molecular weight is 289 g/mol. The number of anilines is 1. The number of hydrogen-bond donors (Lipinski definition) is 1. The largest absolute Gasteiger partial charge is 0.380 e. The van der Waals surface area contributed by atoms with Gasteiger partial charge in [0.2, 0.25) is 0 Å². The Hall–Kier alpha value is -1.88. The Morgan fingerprint density at radius 3 is 2.90 bits per heavy atom. The lowest BCUT2D eigenvalue weighted by molar-refractivity contribution is 0.0822. The third kappa shape index (κ3) is 3.36. The number of pyridine rings is 1. The van der Waals surface area contributed by atoms with Gasteiger partial charge in [0, 0.05) is 37.4 Å². The predicted octanol–water partition coefficient (Wildman–Crippen LogP) is 3.02. The van der Waals surface area contributed by atoms with Crippen molar-refractivity contribution in [3.05, 3.63) is 45.9 Å². The van der Waals surface area contributed by atoms with Crippen LogP contribution in [0, 0.1) is 0 Å². The van der Waals surface area contributed by atoms with Crippen LogP contribution in [0.1, 0.15) is 27.9 Å². The number of carbonyl (C=O) groups excluding carboxylic acids is 1. The van der Waals surface area contributed by atoms with Gasteiger partial charge in [-0.05, 0) is 35.6 Å². The van der Waals surface area contributed by atoms with Crippen molar-refractivity contribution >= 4 is 22.9 Å². The second-order valence-electron chi connectivity index (χ2n) is 4.71. The molecule has 4 nitrogen and oxygen atoms in total. The van der Waals surface area contributed by atoms with Crippen LogP contribution in [0.4, 0.5) is 5.69 Å². The molecule has 1 amide bonds. The van der Waals surface area contributed by atoms with E-state index in [-0.39, 0.29) is 5.91 Å². The molecular formula is C15H19N3OS. The molecule has 0 spiro atoms. The smallest absolute Gasteiger partial charge is 0.272 e. The summed E-state index contributed by atoms with van der Waals surface area (Å²) >= 11 is 1.76. The number of aromatic nitrogens is 1. The van der Waals surface area contributed by atoms with Gasteiger partial charge in [0.15, 0.2) is 0 Å². The molecule has 0 aliphatic rings. The van der Waals surface area contributed by atoms with Gasteiger partial charge < -0.3 is 10.2 Å². The number of amides is 1. The summed E-state index contributed by atoms with van der Waals surface area (Å²) in [6, 6.07) is 5.84. The molecule has 20 heavy (non-hydrogen) atoms. The highest BCUT2D eigenvalue weighted by molar-refractivity contribution is 7.10. The Bertz CT molecular complexity index is 592. The van der Waals surface area contributed by atoms with Crippen molar-refractivity contribution in [3.63, 3.8) is 0 Å². The average Bonchev–Trinajstić information content (AvgIpc) is 2.92. The zero-order valence-corrected chi connectivity index (χ0v) is 12.8. The molecule has 2 aromatic heterocycles. The molecule has 0 radical (unpaired) electrons. The van der Waals surface area contributed by atoms with Crippen molar-refractivity contribution in [1.82, 2.24) is 9.88 Å². The van der Waals surface area contributed by atoms with Gasteiger partial charge in [0.05, 0.1) is 0 Å². The van der Waals surface area contributed by atoms with Crippen LogP contribution >= 0.6 is 11.3 Å². The summed E-state index contributed by atoms with van der Waals surface area (Å²) in [5, 5.41) is 5.47. The molecule has 0 aliphatic carbocycles. The molecule has 0 aliphatic heterocycles. The Labute approximate surface area is 123 Å². The van der Waals surface area contributed by atoms with Gasteiger partial charge in [-0.2, -0.15) is 0 Å². The van der Waals surface area contributed by atoms with Crippen LogP contribution in [0.2, 0.25) is 0 Å². The number of carbonyl (C=O) groups is 1. The first-order valence-corrected chi connectivity index (χ1v) is 7.46. The first-order valence-electron chi connectivity index (χ1n) is 6.58. The number of rotatable bonds is 5. The zero-order chi connectivity index (χ0) is 14.5. The lowest BCUT2D eigenvalue weighted by atomic mass is 10.2. The number of hydrogen-bond acceptors (Lipinski definition) is 4. The van der Waals surface area contributed by atoms with E-state index in [1.807, 2.05) is 6.07 Å². The van der Waals surface area contributed by atoms with Crippen LogP contribution in [0.15, 0.2) is 29.8 Å². The number of nitrogens with one attached hydrogen (secondary N) is 1. The number of nitrogens with zero attached hydrogens (tertiary/aromatic N) is 2. The quantitative estimate of drug-likeness (QED) is 0.920. The molecule has 2 aromatic rings. The van der Waals surface area contributed by atoms with E-state index in [0.717, 1.165) is 18.7 Å². The van der Waals surface area contributed by atoms with Crippen LogP contribution in [0.25, 0.3) is 0 Å². The first-order chi connectivity index (χ1) is 9.61. The van der Waals surface area contributed by atoms with Crippen molar-refractivity contribution in [3.8, 4) is 0 Å². The second-order valence-corrected chi connectivity index (χ2v) is 5.71.